The summed E-state index contributed by atoms with van der Waals surface area (Å²) >= 11 is 0. The van der Waals surface area contributed by atoms with Crippen LogP contribution in [0.5, 0.6) is 5.75 Å². The van der Waals surface area contributed by atoms with Crippen molar-refractivity contribution < 1.29 is 23.5 Å². The summed E-state index contributed by atoms with van der Waals surface area (Å²) in [4.78, 5) is 40.3. The molecule has 0 aromatic heterocycles. The molecule has 154 valence electrons. The molecule has 2 saturated heterocycles. The van der Waals surface area contributed by atoms with Crippen molar-refractivity contribution in [1.29, 1.82) is 0 Å². The van der Waals surface area contributed by atoms with Crippen molar-refractivity contribution in [3.05, 3.63) is 59.4 Å². The minimum atomic E-state index is -0.845. The SMILES string of the molecule is COc1ccc(N2C(=O)NC(=O)C(=Cc3ccc(N4CCCC4)c(F)c3)C2=O)cc1. The molecule has 4 rings (SSSR count). The number of urea groups is 1. The van der Waals surface area contributed by atoms with Gasteiger partial charge in [-0.15, -0.1) is 0 Å². The zero-order valence-electron chi connectivity index (χ0n) is 16.4. The van der Waals surface area contributed by atoms with Crippen LogP contribution < -0.4 is 19.9 Å². The Hall–Kier alpha value is -3.68. The molecule has 7 nitrogen and oxygen atoms in total. The van der Waals surface area contributed by atoms with Crippen molar-refractivity contribution in [2.75, 3.05) is 30.0 Å². The second-order valence-electron chi connectivity index (χ2n) is 7.06. The van der Waals surface area contributed by atoms with Gasteiger partial charge in [0.15, 0.2) is 0 Å². The fourth-order valence-corrected chi connectivity index (χ4v) is 3.62. The number of carbonyl (C=O) groups excluding carboxylic acids is 3. The van der Waals surface area contributed by atoms with Gasteiger partial charge in [-0.1, -0.05) is 6.07 Å². The lowest BCUT2D eigenvalue weighted by molar-refractivity contribution is -0.122. The number of nitrogens with one attached hydrogen (secondary N) is 1. The molecule has 0 saturated carbocycles. The lowest BCUT2D eigenvalue weighted by atomic mass is 10.1. The van der Waals surface area contributed by atoms with E-state index in [2.05, 4.69) is 5.32 Å². The largest absolute Gasteiger partial charge is 0.497 e. The molecule has 2 aliphatic heterocycles. The van der Waals surface area contributed by atoms with Crippen molar-refractivity contribution in [2.45, 2.75) is 12.8 Å². The Bertz CT molecular complexity index is 1040. The number of nitrogens with zero attached hydrogens (tertiary/aromatic N) is 2. The van der Waals surface area contributed by atoms with E-state index in [1.54, 1.807) is 24.3 Å². The molecule has 2 aliphatic rings. The average molecular weight is 409 g/mol. The molecule has 0 unspecified atom stereocenters. The van der Waals surface area contributed by atoms with Gasteiger partial charge in [0.2, 0.25) is 0 Å². The molecule has 0 spiro atoms. The minimum absolute atomic E-state index is 0.251. The van der Waals surface area contributed by atoms with Gasteiger partial charge in [-0.05, 0) is 60.9 Å². The Labute approximate surface area is 172 Å². The molecule has 30 heavy (non-hydrogen) atoms. The first-order valence-electron chi connectivity index (χ1n) is 9.58. The van der Waals surface area contributed by atoms with Crippen LogP contribution in [0.3, 0.4) is 0 Å². The van der Waals surface area contributed by atoms with Gasteiger partial charge in [0.1, 0.15) is 17.1 Å². The summed E-state index contributed by atoms with van der Waals surface area (Å²) in [6, 6.07) is 10.0. The highest BCUT2D eigenvalue weighted by molar-refractivity contribution is 6.39. The number of anilines is 2. The smallest absolute Gasteiger partial charge is 0.335 e. The van der Waals surface area contributed by atoms with Crippen LogP contribution >= 0.6 is 0 Å². The van der Waals surface area contributed by atoms with E-state index in [0.717, 1.165) is 30.8 Å². The summed E-state index contributed by atoms with van der Waals surface area (Å²) in [6.45, 7) is 1.61. The van der Waals surface area contributed by atoms with Crippen LogP contribution in [0, 0.1) is 5.82 Å². The summed E-state index contributed by atoms with van der Waals surface area (Å²) in [5.74, 6) is -1.46. The molecular formula is C22H20FN3O4. The zero-order chi connectivity index (χ0) is 21.3. The number of methoxy groups -OCH3 is 1. The molecule has 0 bridgehead atoms. The monoisotopic (exact) mass is 409 g/mol. The van der Waals surface area contributed by atoms with E-state index in [9.17, 15) is 18.8 Å². The lowest BCUT2D eigenvalue weighted by Crippen LogP contribution is -2.54. The van der Waals surface area contributed by atoms with E-state index in [1.807, 2.05) is 4.90 Å². The summed E-state index contributed by atoms with van der Waals surface area (Å²) in [7, 11) is 1.50. The van der Waals surface area contributed by atoms with Crippen LogP contribution in [-0.2, 0) is 9.59 Å². The van der Waals surface area contributed by atoms with Crippen LogP contribution in [0.2, 0.25) is 0 Å². The Kier molecular flexibility index (Phi) is 5.22. The summed E-state index contributed by atoms with van der Waals surface area (Å²) < 4.78 is 19.7. The number of rotatable bonds is 4. The first kappa shape index (κ1) is 19.6. The number of imide groups is 2. The fourth-order valence-electron chi connectivity index (χ4n) is 3.62. The Balaban J connectivity index is 1.64. The zero-order valence-corrected chi connectivity index (χ0v) is 16.4. The van der Waals surface area contributed by atoms with Crippen molar-refractivity contribution in [3.8, 4) is 5.75 Å². The van der Waals surface area contributed by atoms with Gasteiger partial charge in [-0.25, -0.2) is 14.1 Å². The summed E-state index contributed by atoms with van der Waals surface area (Å²) in [5, 5.41) is 2.15. The maximum absolute atomic E-state index is 14.6. The summed E-state index contributed by atoms with van der Waals surface area (Å²) in [6.07, 6.45) is 3.34. The minimum Gasteiger partial charge on any atom is -0.497 e. The fraction of sp³-hybridized carbons (Fsp3) is 0.227. The van der Waals surface area contributed by atoms with Crippen LogP contribution in [0.25, 0.3) is 6.08 Å². The van der Waals surface area contributed by atoms with Crippen molar-refractivity contribution in [1.82, 2.24) is 5.32 Å². The molecule has 0 aliphatic carbocycles. The molecule has 2 aromatic rings. The van der Waals surface area contributed by atoms with Crippen LogP contribution in [-0.4, -0.2) is 38.0 Å². The van der Waals surface area contributed by atoms with Gasteiger partial charge in [0.25, 0.3) is 11.8 Å². The Morgan fingerprint density at radius 3 is 2.37 bits per heavy atom. The van der Waals surface area contributed by atoms with Gasteiger partial charge in [0, 0.05) is 13.1 Å². The molecular weight excluding hydrogens is 389 g/mol. The Morgan fingerprint density at radius 2 is 1.73 bits per heavy atom. The molecule has 1 N–H and O–H groups in total. The number of benzene rings is 2. The number of barbiturate groups is 1. The first-order chi connectivity index (χ1) is 14.5. The molecule has 2 fully saturated rings. The van der Waals surface area contributed by atoms with Crippen LogP contribution in [0.15, 0.2) is 48.0 Å². The highest BCUT2D eigenvalue weighted by atomic mass is 19.1. The third-order valence-corrected chi connectivity index (χ3v) is 5.16. The average Bonchev–Trinajstić information content (AvgIpc) is 3.26. The predicted octanol–water partition coefficient (Wildman–Crippen LogP) is 3.10. The predicted molar refractivity (Wildman–Crippen MR) is 110 cm³/mol. The first-order valence-corrected chi connectivity index (χ1v) is 9.58. The molecule has 0 atom stereocenters. The normalized spacial score (nSPS) is 18.2. The highest BCUT2D eigenvalue weighted by Gasteiger charge is 2.36. The molecule has 2 aromatic carbocycles. The van der Waals surface area contributed by atoms with Gasteiger partial charge in [0.05, 0.1) is 18.5 Å². The number of hydrogen-bond donors (Lipinski definition) is 1. The second kappa shape index (κ2) is 7.98. The topological polar surface area (TPSA) is 79.0 Å². The van der Waals surface area contributed by atoms with E-state index in [-0.39, 0.29) is 11.3 Å². The molecule has 2 heterocycles. The van der Waals surface area contributed by atoms with Gasteiger partial charge >= 0.3 is 6.03 Å². The number of halogens is 1. The number of ether oxygens (including phenoxy) is 1. The standard InChI is InChI=1S/C22H20FN3O4/c1-30-16-7-5-15(6-8-16)26-21(28)17(20(27)24-22(26)29)12-14-4-9-19(18(23)13-14)25-10-2-3-11-25/h4-9,12-13H,2-3,10-11H2,1H3,(H,24,27,29). The molecule has 0 radical (unpaired) electrons. The Morgan fingerprint density at radius 1 is 1.03 bits per heavy atom. The van der Waals surface area contributed by atoms with E-state index in [0.29, 0.717) is 17.0 Å². The maximum atomic E-state index is 14.6. The van der Waals surface area contributed by atoms with Crippen LogP contribution in [0.4, 0.5) is 20.6 Å². The van der Waals surface area contributed by atoms with E-state index in [1.165, 1.54) is 31.4 Å². The quantitative estimate of drug-likeness (QED) is 0.620. The van der Waals surface area contributed by atoms with E-state index in [4.69, 9.17) is 4.74 Å². The van der Waals surface area contributed by atoms with Crippen LogP contribution in [0.1, 0.15) is 18.4 Å². The lowest BCUT2D eigenvalue weighted by Gasteiger charge is -2.26. The van der Waals surface area contributed by atoms with E-state index < -0.39 is 23.7 Å². The van der Waals surface area contributed by atoms with Crippen molar-refractivity contribution >= 4 is 35.3 Å². The van der Waals surface area contributed by atoms with Crippen molar-refractivity contribution in [3.63, 3.8) is 0 Å². The molecule has 4 amide bonds. The second-order valence-corrected chi connectivity index (χ2v) is 7.06. The third kappa shape index (κ3) is 3.63. The number of amides is 4. The highest BCUT2D eigenvalue weighted by Crippen LogP contribution is 2.27. The third-order valence-electron chi connectivity index (χ3n) is 5.16. The van der Waals surface area contributed by atoms with Crippen molar-refractivity contribution in [2.24, 2.45) is 0 Å². The summed E-state index contributed by atoms with van der Waals surface area (Å²) in [5.41, 5.74) is 0.896. The van der Waals surface area contributed by atoms with Gasteiger partial charge in [-0.2, -0.15) is 0 Å². The van der Waals surface area contributed by atoms with E-state index >= 15 is 0 Å². The van der Waals surface area contributed by atoms with Gasteiger partial charge in [-0.3, -0.25) is 14.9 Å². The molecule has 8 heteroatoms. The number of carbonyl (C=O) groups is 3. The van der Waals surface area contributed by atoms with Gasteiger partial charge < -0.3 is 9.64 Å². The maximum Gasteiger partial charge on any atom is 0.335 e. The number of hydrogen-bond acceptors (Lipinski definition) is 5.